The number of hydrogen-bond acceptors (Lipinski definition) is 3. The molecule has 4 aromatic rings. The number of thioether (sulfide) groups is 1. The zero-order valence-electron chi connectivity index (χ0n) is 20.0. The number of nitrogens with one attached hydrogen (secondary N) is 2. The highest BCUT2D eigenvalue weighted by Crippen LogP contribution is 2.37. The third-order valence-corrected chi connectivity index (χ3v) is 6.85. The van der Waals surface area contributed by atoms with E-state index in [-0.39, 0.29) is 11.8 Å². The molecule has 0 heterocycles. The predicted molar refractivity (Wildman–Crippen MR) is 145 cm³/mol. The van der Waals surface area contributed by atoms with Gasteiger partial charge < -0.3 is 10.6 Å². The molecule has 0 aromatic heterocycles. The van der Waals surface area contributed by atoms with Crippen LogP contribution < -0.4 is 10.6 Å². The van der Waals surface area contributed by atoms with E-state index >= 15 is 0 Å². The summed E-state index contributed by atoms with van der Waals surface area (Å²) in [5, 5.41) is 5.61. The molecule has 4 rings (SSSR count). The minimum absolute atomic E-state index is 0.0950. The van der Waals surface area contributed by atoms with Gasteiger partial charge in [-0.1, -0.05) is 71.8 Å². The monoisotopic (exact) mass is 480 g/mol. The standard InChI is InChI=1S/C30H28N2O2S/c1-20-9-7-12-24(18-20)29(33)31-25-13-8-14-26(19-25)35-28(23-10-5-4-6-11-23)30(34)32-27-16-15-21(2)17-22(27)3/h4-19,28H,1-3H3,(H,31,33)(H,32,34). The minimum atomic E-state index is -0.459. The largest absolute Gasteiger partial charge is 0.325 e. The summed E-state index contributed by atoms with van der Waals surface area (Å²) in [7, 11) is 0. The Balaban J connectivity index is 1.55. The Labute approximate surface area is 210 Å². The Hall–Kier alpha value is -3.83. The Morgan fingerprint density at radius 2 is 1.46 bits per heavy atom. The van der Waals surface area contributed by atoms with E-state index in [2.05, 4.69) is 16.7 Å². The SMILES string of the molecule is Cc1cccc(C(=O)Nc2cccc(SC(C(=O)Nc3ccc(C)cc3C)c3ccccc3)c2)c1. The van der Waals surface area contributed by atoms with Crippen molar-refractivity contribution in [3.05, 3.63) is 125 Å². The van der Waals surface area contributed by atoms with Crippen molar-refractivity contribution in [1.82, 2.24) is 0 Å². The molecule has 5 heteroatoms. The number of anilines is 2. The van der Waals surface area contributed by atoms with Gasteiger partial charge in [0, 0.05) is 21.8 Å². The average Bonchev–Trinajstić information content (AvgIpc) is 2.85. The third-order valence-electron chi connectivity index (χ3n) is 5.61. The fourth-order valence-corrected chi connectivity index (χ4v) is 4.91. The summed E-state index contributed by atoms with van der Waals surface area (Å²) in [6, 6.07) is 30.8. The molecule has 0 aliphatic rings. The topological polar surface area (TPSA) is 58.2 Å². The van der Waals surface area contributed by atoms with Crippen LogP contribution in [0.25, 0.3) is 0 Å². The molecule has 0 radical (unpaired) electrons. The van der Waals surface area contributed by atoms with Crippen molar-refractivity contribution < 1.29 is 9.59 Å². The minimum Gasteiger partial charge on any atom is -0.325 e. The smallest absolute Gasteiger partial charge is 0.255 e. The molecule has 2 N–H and O–H groups in total. The van der Waals surface area contributed by atoms with Crippen LogP contribution >= 0.6 is 11.8 Å². The molecular formula is C30H28N2O2S. The molecule has 0 fully saturated rings. The van der Waals surface area contributed by atoms with E-state index in [1.807, 2.05) is 106 Å². The summed E-state index contributed by atoms with van der Waals surface area (Å²) >= 11 is 1.45. The van der Waals surface area contributed by atoms with Crippen LogP contribution in [0.3, 0.4) is 0 Å². The van der Waals surface area contributed by atoms with E-state index in [4.69, 9.17) is 0 Å². The predicted octanol–water partition coefficient (Wildman–Crippen LogP) is 7.34. The van der Waals surface area contributed by atoms with Crippen LogP contribution in [0.5, 0.6) is 0 Å². The zero-order chi connectivity index (χ0) is 24.8. The molecular weight excluding hydrogens is 452 g/mol. The number of carbonyl (C=O) groups is 2. The normalized spacial score (nSPS) is 11.5. The summed E-state index contributed by atoms with van der Waals surface area (Å²) in [6.07, 6.45) is 0. The first kappa shape index (κ1) is 24.3. The van der Waals surface area contributed by atoms with E-state index in [0.717, 1.165) is 32.8 Å². The van der Waals surface area contributed by atoms with E-state index in [1.54, 1.807) is 6.07 Å². The van der Waals surface area contributed by atoms with Crippen molar-refractivity contribution in [3.63, 3.8) is 0 Å². The Morgan fingerprint density at radius 1 is 0.714 bits per heavy atom. The Bertz CT molecular complexity index is 1350. The lowest BCUT2D eigenvalue weighted by molar-refractivity contribution is -0.115. The van der Waals surface area contributed by atoms with E-state index in [1.165, 1.54) is 11.8 Å². The van der Waals surface area contributed by atoms with E-state index in [0.29, 0.717) is 11.3 Å². The van der Waals surface area contributed by atoms with Crippen molar-refractivity contribution in [2.24, 2.45) is 0 Å². The lowest BCUT2D eigenvalue weighted by Gasteiger charge is -2.18. The highest BCUT2D eigenvalue weighted by Gasteiger charge is 2.23. The maximum absolute atomic E-state index is 13.4. The van der Waals surface area contributed by atoms with Gasteiger partial charge in [-0.15, -0.1) is 11.8 Å². The van der Waals surface area contributed by atoms with Crippen LogP contribution in [0, 0.1) is 20.8 Å². The summed E-state index contributed by atoms with van der Waals surface area (Å²) < 4.78 is 0. The maximum Gasteiger partial charge on any atom is 0.255 e. The summed E-state index contributed by atoms with van der Waals surface area (Å²) in [4.78, 5) is 27.0. The third kappa shape index (κ3) is 6.40. The molecule has 1 unspecified atom stereocenters. The molecule has 176 valence electrons. The van der Waals surface area contributed by atoms with Gasteiger partial charge in [0.1, 0.15) is 5.25 Å². The van der Waals surface area contributed by atoms with Gasteiger partial charge in [-0.05, 0) is 68.3 Å². The second-order valence-corrected chi connectivity index (χ2v) is 9.75. The van der Waals surface area contributed by atoms with Gasteiger partial charge in [0.2, 0.25) is 5.91 Å². The molecule has 4 nitrogen and oxygen atoms in total. The molecule has 35 heavy (non-hydrogen) atoms. The van der Waals surface area contributed by atoms with Crippen LogP contribution in [-0.2, 0) is 4.79 Å². The fraction of sp³-hybridized carbons (Fsp3) is 0.133. The Morgan fingerprint density at radius 3 is 2.20 bits per heavy atom. The van der Waals surface area contributed by atoms with Gasteiger partial charge in [-0.2, -0.15) is 0 Å². The second-order valence-electron chi connectivity index (χ2n) is 8.57. The van der Waals surface area contributed by atoms with E-state index in [9.17, 15) is 9.59 Å². The molecule has 0 saturated carbocycles. The molecule has 1 atom stereocenters. The molecule has 0 spiro atoms. The van der Waals surface area contributed by atoms with Crippen molar-refractivity contribution >= 4 is 35.0 Å². The average molecular weight is 481 g/mol. The summed E-state index contributed by atoms with van der Waals surface area (Å²) in [6.45, 7) is 5.99. The number of carbonyl (C=O) groups excluding carboxylic acids is 2. The number of rotatable bonds is 7. The van der Waals surface area contributed by atoms with Crippen molar-refractivity contribution in [2.45, 2.75) is 30.9 Å². The zero-order valence-corrected chi connectivity index (χ0v) is 20.9. The van der Waals surface area contributed by atoms with Gasteiger partial charge in [0.25, 0.3) is 5.91 Å². The van der Waals surface area contributed by atoms with Crippen molar-refractivity contribution in [1.29, 1.82) is 0 Å². The van der Waals surface area contributed by atoms with Crippen LogP contribution in [0.15, 0.2) is 102 Å². The first-order valence-corrected chi connectivity index (χ1v) is 12.3. The fourth-order valence-electron chi connectivity index (χ4n) is 3.83. The molecule has 0 aliphatic heterocycles. The first-order valence-electron chi connectivity index (χ1n) is 11.5. The summed E-state index contributed by atoms with van der Waals surface area (Å²) in [5.41, 5.74) is 6.22. The Kier molecular flexibility index (Phi) is 7.68. The van der Waals surface area contributed by atoms with Crippen LogP contribution in [0.2, 0.25) is 0 Å². The van der Waals surface area contributed by atoms with Crippen molar-refractivity contribution in [3.8, 4) is 0 Å². The molecule has 0 aliphatic carbocycles. The van der Waals surface area contributed by atoms with Gasteiger partial charge in [-0.25, -0.2) is 0 Å². The first-order chi connectivity index (χ1) is 16.9. The van der Waals surface area contributed by atoms with Gasteiger partial charge in [0.05, 0.1) is 0 Å². The quantitative estimate of drug-likeness (QED) is 0.272. The number of hydrogen-bond donors (Lipinski definition) is 2. The highest BCUT2D eigenvalue weighted by atomic mass is 32.2. The highest BCUT2D eigenvalue weighted by molar-refractivity contribution is 8.00. The lowest BCUT2D eigenvalue weighted by atomic mass is 10.1. The number of benzene rings is 4. The van der Waals surface area contributed by atoms with Gasteiger partial charge >= 0.3 is 0 Å². The second kappa shape index (κ2) is 11.1. The summed E-state index contributed by atoms with van der Waals surface area (Å²) in [5.74, 6) is -0.259. The molecule has 0 saturated heterocycles. The maximum atomic E-state index is 13.4. The lowest BCUT2D eigenvalue weighted by Crippen LogP contribution is -2.19. The van der Waals surface area contributed by atoms with Gasteiger partial charge in [0.15, 0.2) is 0 Å². The number of aryl methyl sites for hydroxylation is 3. The van der Waals surface area contributed by atoms with E-state index < -0.39 is 5.25 Å². The van der Waals surface area contributed by atoms with Crippen LogP contribution in [0.1, 0.15) is 37.9 Å². The number of amides is 2. The van der Waals surface area contributed by atoms with Crippen LogP contribution in [-0.4, -0.2) is 11.8 Å². The van der Waals surface area contributed by atoms with Crippen LogP contribution in [0.4, 0.5) is 11.4 Å². The van der Waals surface area contributed by atoms with Gasteiger partial charge in [-0.3, -0.25) is 9.59 Å². The molecule has 2 amide bonds. The van der Waals surface area contributed by atoms with Crippen molar-refractivity contribution in [2.75, 3.05) is 10.6 Å². The molecule has 0 bridgehead atoms. The molecule has 4 aromatic carbocycles.